The van der Waals surface area contributed by atoms with Gasteiger partial charge in [-0.25, -0.2) is 0 Å². The zero-order valence-electron chi connectivity index (χ0n) is 12.7. The van der Waals surface area contributed by atoms with Gasteiger partial charge in [0.05, 0.1) is 6.04 Å². The molecule has 1 unspecified atom stereocenters. The highest BCUT2D eigenvalue weighted by atomic mass is 79.9. The summed E-state index contributed by atoms with van der Waals surface area (Å²) in [5.74, 6) is -0.140. The van der Waals surface area contributed by atoms with Crippen molar-refractivity contribution in [3.8, 4) is 0 Å². The van der Waals surface area contributed by atoms with Gasteiger partial charge in [-0.1, -0.05) is 34.1 Å². The van der Waals surface area contributed by atoms with Crippen LogP contribution in [0.3, 0.4) is 0 Å². The molecule has 2 N–H and O–H groups in total. The Kier molecular flexibility index (Phi) is 6.62. The number of nitrogens with zero attached hydrogens (tertiary/aromatic N) is 2. The Labute approximate surface area is 150 Å². The van der Waals surface area contributed by atoms with E-state index in [0.29, 0.717) is 18.3 Å². The maximum atomic E-state index is 12.2. The van der Waals surface area contributed by atoms with Crippen molar-refractivity contribution in [1.29, 1.82) is 0 Å². The number of hydrogen-bond acceptors (Lipinski definition) is 3. The normalized spacial score (nSPS) is 17.3. The molecule has 1 aliphatic rings. The summed E-state index contributed by atoms with van der Waals surface area (Å²) < 4.78 is 2.90. The van der Waals surface area contributed by atoms with E-state index >= 15 is 0 Å². The van der Waals surface area contributed by atoms with E-state index in [1.807, 2.05) is 35.1 Å². The third-order valence-electron chi connectivity index (χ3n) is 3.88. The van der Waals surface area contributed by atoms with Gasteiger partial charge in [0.2, 0.25) is 0 Å². The van der Waals surface area contributed by atoms with Crippen molar-refractivity contribution < 1.29 is 4.79 Å². The fraction of sp³-hybridized carbons (Fsp3) is 0.375. The molecule has 5 nitrogen and oxygen atoms in total. The van der Waals surface area contributed by atoms with Crippen LogP contribution in [0.15, 0.2) is 41.0 Å². The van der Waals surface area contributed by atoms with Gasteiger partial charge in [0, 0.05) is 23.8 Å². The SMILES string of the molecule is Cl.O=C(NCc1ccccc1Br)c1ccn(C2CCCNC2)n1. The summed E-state index contributed by atoms with van der Waals surface area (Å²) in [6.07, 6.45) is 4.14. The highest BCUT2D eigenvalue weighted by Crippen LogP contribution is 2.17. The lowest BCUT2D eigenvalue weighted by Gasteiger charge is -2.22. The van der Waals surface area contributed by atoms with Crippen molar-refractivity contribution in [3.05, 3.63) is 52.3 Å². The lowest BCUT2D eigenvalue weighted by molar-refractivity contribution is 0.0944. The molecule has 0 radical (unpaired) electrons. The molecule has 1 atom stereocenters. The van der Waals surface area contributed by atoms with Crippen LogP contribution in [0.1, 0.15) is 34.9 Å². The molecule has 1 amide bonds. The van der Waals surface area contributed by atoms with Crippen molar-refractivity contribution >= 4 is 34.2 Å². The molecule has 7 heteroatoms. The number of rotatable bonds is 4. The Morgan fingerprint density at radius 1 is 1.39 bits per heavy atom. The predicted molar refractivity (Wildman–Crippen MR) is 95.9 cm³/mol. The minimum absolute atomic E-state index is 0. The highest BCUT2D eigenvalue weighted by molar-refractivity contribution is 9.10. The van der Waals surface area contributed by atoms with E-state index in [-0.39, 0.29) is 18.3 Å². The van der Waals surface area contributed by atoms with Crippen LogP contribution >= 0.6 is 28.3 Å². The fourth-order valence-corrected chi connectivity index (χ4v) is 3.05. The molecule has 1 aromatic heterocycles. The summed E-state index contributed by atoms with van der Waals surface area (Å²) in [5.41, 5.74) is 1.52. The Morgan fingerprint density at radius 2 is 2.22 bits per heavy atom. The number of carbonyl (C=O) groups excluding carboxylic acids is 1. The van der Waals surface area contributed by atoms with Crippen LogP contribution in [0.4, 0.5) is 0 Å². The summed E-state index contributed by atoms with van der Waals surface area (Å²) in [4.78, 5) is 12.2. The summed E-state index contributed by atoms with van der Waals surface area (Å²) in [6.45, 7) is 2.47. The van der Waals surface area contributed by atoms with Gasteiger partial charge < -0.3 is 10.6 Å². The maximum Gasteiger partial charge on any atom is 0.272 e. The number of piperidine rings is 1. The molecule has 124 valence electrons. The molecule has 0 saturated carbocycles. The third-order valence-corrected chi connectivity index (χ3v) is 4.66. The largest absolute Gasteiger partial charge is 0.347 e. The molecule has 3 rings (SSSR count). The van der Waals surface area contributed by atoms with Crippen molar-refractivity contribution in [1.82, 2.24) is 20.4 Å². The Bertz CT molecular complexity index is 655. The summed E-state index contributed by atoms with van der Waals surface area (Å²) >= 11 is 3.48. The van der Waals surface area contributed by atoms with Crippen LogP contribution in [0.2, 0.25) is 0 Å². The van der Waals surface area contributed by atoms with E-state index in [1.54, 1.807) is 6.07 Å². The highest BCUT2D eigenvalue weighted by Gasteiger charge is 2.17. The van der Waals surface area contributed by atoms with E-state index in [4.69, 9.17) is 0 Å². The molecule has 0 aliphatic carbocycles. The van der Waals surface area contributed by atoms with E-state index in [1.165, 1.54) is 0 Å². The van der Waals surface area contributed by atoms with E-state index in [2.05, 4.69) is 31.7 Å². The van der Waals surface area contributed by atoms with Crippen LogP contribution in [-0.2, 0) is 6.54 Å². The molecule has 0 spiro atoms. The lowest BCUT2D eigenvalue weighted by atomic mass is 10.1. The molecular formula is C16H20BrClN4O. The van der Waals surface area contributed by atoms with Crippen LogP contribution in [0.25, 0.3) is 0 Å². The van der Waals surface area contributed by atoms with Gasteiger partial charge in [-0.05, 0) is 37.1 Å². The first-order valence-electron chi connectivity index (χ1n) is 7.51. The second kappa shape index (κ2) is 8.47. The number of aromatic nitrogens is 2. The smallest absolute Gasteiger partial charge is 0.272 e. The van der Waals surface area contributed by atoms with Gasteiger partial charge in [-0.15, -0.1) is 12.4 Å². The Balaban J connectivity index is 0.00000192. The number of hydrogen-bond donors (Lipinski definition) is 2. The van der Waals surface area contributed by atoms with Gasteiger partial charge in [0.15, 0.2) is 0 Å². The topological polar surface area (TPSA) is 59.0 Å². The summed E-state index contributed by atoms with van der Waals surface area (Å²) in [6, 6.07) is 9.98. The number of halogens is 2. The molecule has 0 bridgehead atoms. The van der Waals surface area contributed by atoms with Gasteiger partial charge in [0.25, 0.3) is 5.91 Å². The number of amides is 1. The fourth-order valence-electron chi connectivity index (χ4n) is 2.63. The van der Waals surface area contributed by atoms with Crippen LogP contribution in [0, 0.1) is 0 Å². The zero-order chi connectivity index (χ0) is 15.4. The second-order valence-corrected chi connectivity index (χ2v) is 6.31. The van der Waals surface area contributed by atoms with E-state index in [9.17, 15) is 4.79 Å². The van der Waals surface area contributed by atoms with Crippen LogP contribution in [-0.4, -0.2) is 28.8 Å². The number of nitrogens with one attached hydrogen (secondary N) is 2. The Morgan fingerprint density at radius 3 is 2.96 bits per heavy atom. The molecular weight excluding hydrogens is 380 g/mol. The van der Waals surface area contributed by atoms with Gasteiger partial charge in [-0.2, -0.15) is 5.10 Å². The average Bonchev–Trinajstić information content (AvgIpc) is 3.05. The summed E-state index contributed by atoms with van der Waals surface area (Å²) in [7, 11) is 0. The number of benzene rings is 1. The molecule has 1 saturated heterocycles. The van der Waals surface area contributed by atoms with Crippen molar-refractivity contribution in [3.63, 3.8) is 0 Å². The average molecular weight is 400 g/mol. The monoisotopic (exact) mass is 398 g/mol. The molecule has 23 heavy (non-hydrogen) atoms. The third kappa shape index (κ3) is 4.56. The van der Waals surface area contributed by atoms with Gasteiger partial charge in [-0.3, -0.25) is 9.48 Å². The van der Waals surface area contributed by atoms with Crippen LogP contribution in [0.5, 0.6) is 0 Å². The lowest BCUT2D eigenvalue weighted by Crippen LogP contribution is -2.32. The molecule has 1 aromatic carbocycles. The first-order chi connectivity index (χ1) is 10.7. The molecule has 1 fully saturated rings. The summed E-state index contributed by atoms with van der Waals surface area (Å²) in [5, 5.41) is 10.7. The second-order valence-electron chi connectivity index (χ2n) is 5.46. The molecule has 2 heterocycles. The predicted octanol–water partition coefficient (Wildman–Crippen LogP) is 2.92. The first-order valence-corrected chi connectivity index (χ1v) is 8.31. The van der Waals surface area contributed by atoms with Crippen molar-refractivity contribution in [2.75, 3.05) is 13.1 Å². The first kappa shape index (κ1) is 18.0. The van der Waals surface area contributed by atoms with Crippen LogP contribution < -0.4 is 10.6 Å². The van der Waals surface area contributed by atoms with E-state index < -0.39 is 0 Å². The quantitative estimate of drug-likeness (QED) is 0.831. The minimum atomic E-state index is -0.140. The minimum Gasteiger partial charge on any atom is -0.347 e. The number of carbonyl (C=O) groups is 1. The Hall–Kier alpha value is -1.37. The van der Waals surface area contributed by atoms with E-state index in [0.717, 1.165) is 36.0 Å². The molecule has 2 aromatic rings. The standard InChI is InChI=1S/C16H19BrN4O.ClH/c17-14-6-2-1-4-12(14)10-19-16(22)15-7-9-21(20-15)13-5-3-8-18-11-13;/h1-2,4,6-7,9,13,18H,3,5,8,10-11H2,(H,19,22);1H. The molecule has 1 aliphatic heterocycles. The van der Waals surface area contributed by atoms with Crippen molar-refractivity contribution in [2.24, 2.45) is 0 Å². The van der Waals surface area contributed by atoms with Gasteiger partial charge in [0.1, 0.15) is 5.69 Å². The van der Waals surface area contributed by atoms with Crippen molar-refractivity contribution in [2.45, 2.75) is 25.4 Å². The van der Waals surface area contributed by atoms with Gasteiger partial charge >= 0.3 is 0 Å². The maximum absolute atomic E-state index is 12.2. The zero-order valence-corrected chi connectivity index (χ0v) is 15.1.